The molecule has 1 atom stereocenters. The van der Waals surface area contributed by atoms with Gasteiger partial charge in [0.1, 0.15) is 0 Å². The summed E-state index contributed by atoms with van der Waals surface area (Å²) in [5.41, 5.74) is 1.55. The number of carbonyl (C=O) groups excluding carboxylic acids is 1. The molecule has 3 rings (SSSR count). The zero-order chi connectivity index (χ0) is 15.0. The number of carbonyl (C=O) groups is 1. The molecule has 1 heterocycles. The summed E-state index contributed by atoms with van der Waals surface area (Å²) in [5, 5.41) is 3.93. The fourth-order valence-electron chi connectivity index (χ4n) is 2.55. The van der Waals surface area contributed by atoms with Gasteiger partial charge in [-0.15, -0.1) is 0 Å². The van der Waals surface area contributed by atoms with E-state index in [1.807, 2.05) is 37.4 Å². The second kappa shape index (κ2) is 5.02. The van der Waals surface area contributed by atoms with Gasteiger partial charge in [-0.2, -0.15) is 0 Å². The summed E-state index contributed by atoms with van der Waals surface area (Å²) in [7, 11) is 1.84. The van der Waals surface area contributed by atoms with Gasteiger partial charge in [-0.3, -0.25) is 4.79 Å². The minimum atomic E-state index is -0.0819. The lowest BCUT2D eigenvalue weighted by molar-refractivity contribution is 0.0674. The fraction of sp³-hybridized carbons (Fsp3) is 0.412. The molecule has 4 nitrogen and oxygen atoms in total. The number of hydrogen-bond acceptors (Lipinski definition) is 3. The zero-order valence-electron chi connectivity index (χ0n) is 12.7. The van der Waals surface area contributed by atoms with Crippen molar-refractivity contribution in [3.8, 4) is 11.3 Å². The lowest BCUT2D eigenvalue weighted by Crippen LogP contribution is -2.40. The number of nitrogens with zero attached hydrogens (tertiary/aromatic N) is 2. The van der Waals surface area contributed by atoms with E-state index in [-0.39, 0.29) is 17.4 Å². The van der Waals surface area contributed by atoms with Gasteiger partial charge in [-0.25, -0.2) is 0 Å². The number of amides is 1. The van der Waals surface area contributed by atoms with Crippen LogP contribution >= 0.6 is 0 Å². The highest BCUT2D eigenvalue weighted by Crippen LogP contribution is 2.49. The van der Waals surface area contributed by atoms with Gasteiger partial charge in [0, 0.05) is 24.7 Å². The van der Waals surface area contributed by atoms with E-state index in [0.717, 1.165) is 5.56 Å². The molecule has 21 heavy (non-hydrogen) atoms. The van der Waals surface area contributed by atoms with Crippen LogP contribution in [0.1, 0.15) is 37.2 Å². The lowest BCUT2D eigenvalue weighted by atomic mass is 9.99. The van der Waals surface area contributed by atoms with Crippen LogP contribution in [-0.2, 0) is 0 Å². The predicted molar refractivity (Wildman–Crippen MR) is 80.8 cm³/mol. The Balaban J connectivity index is 1.78. The van der Waals surface area contributed by atoms with Crippen LogP contribution in [0.5, 0.6) is 0 Å². The second-order valence-electron chi connectivity index (χ2n) is 6.19. The lowest BCUT2D eigenvalue weighted by Gasteiger charge is -2.29. The minimum absolute atomic E-state index is 0.0819. The van der Waals surface area contributed by atoms with Crippen LogP contribution in [-0.4, -0.2) is 29.1 Å². The van der Waals surface area contributed by atoms with Gasteiger partial charge in [-0.05, 0) is 25.2 Å². The zero-order valence-corrected chi connectivity index (χ0v) is 12.7. The quantitative estimate of drug-likeness (QED) is 0.861. The molecule has 0 N–H and O–H groups in total. The van der Waals surface area contributed by atoms with Crippen LogP contribution in [0.25, 0.3) is 11.3 Å². The highest BCUT2D eigenvalue weighted by Gasteiger charge is 2.45. The van der Waals surface area contributed by atoms with Crippen LogP contribution < -0.4 is 0 Å². The highest BCUT2D eigenvalue weighted by atomic mass is 16.5. The SMILES string of the molecule is C[C@@H](N(C)C(=O)c1cc(-c2ccccc2)on1)C1(C)CC1. The summed E-state index contributed by atoms with van der Waals surface area (Å²) in [6.07, 6.45) is 2.36. The summed E-state index contributed by atoms with van der Waals surface area (Å²) >= 11 is 0. The standard InChI is InChI=1S/C17H20N2O2/c1-12(17(2)9-10-17)19(3)16(20)14-11-15(21-18-14)13-7-5-4-6-8-13/h4-8,11-12H,9-10H2,1-3H3/t12-/m1/s1. The molecule has 1 saturated carbocycles. The molecule has 4 heteroatoms. The van der Waals surface area contributed by atoms with Crippen molar-refractivity contribution in [3.63, 3.8) is 0 Å². The van der Waals surface area contributed by atoms with E-state index in [1.54, 1.807) is 11.0 Å². The normalized spacial score (nSPS) is 17.3. The van der Waals surface area contributed by atoms with Crippen molar-refractivity contribution >= 4 is 5.91 Å². The van der Waals surface area contributed by atoms with Gasteiger partial charge < -0.3 is 9.42 Å². The Bertz CT molecular complexity index is 644. The molecule has 0 radical (unpaired) electrons. The third-order valence-electron chi connectivity index (χ3n) is 4.74. The van der Waals surface area contributed by atoms with Crippen molar-refractivity contribution in [2.45, 2.75) is 32.7 Å². The molecule has 1 aliphatic rings. The maximum Gasteiger partial charge on any atom is 0.276 e. The molecular formula is C17H20N2O2. The summed E-state index contributed by atoms with van der Waals surface area (Å²) < 4.78 is 5.31. The van der Waals surface area contributed by atoms with Gasteiger partial charge >= 0.3 is 0 Å². The third kappa shape index (κ3) is 2.58. The molecule has 1 amide bonds. The predicted octanol–water partition coefficient (Wildman–Crippen LogP) is 3.60. The molecule has 0 aliphatic heterocycles. The summed E-state index contributed by atoms with van der Waals surface area (Å²) in [6.45, 7) is 4.32. The molecule has 0 bridgehead atoms. The van der Waals surface area contributed by atoms with Crippen LogP contribution in [0.2, 0.25) is 0 Å². The average molecular weight is 284 g/mol. The van der Waals surface area contributed by atoms with E-state index in [9.17, 15) is 4.79 Å². The number of benzene rings is 1. The molecule has 2 aromatic rings. The maximum atomic E-state index is 12.5. The molecule has 1 aromatic carbocycles. The Kier molecular flexibility index (Phi) is 3.32. The third-order valence-corrected chi connectivity index (χ3v) is 4.74. The second-order valence-corrected chi connectivity index (χ2v) is 6.19. The Hall–Kier alpha value is -2.10. The first kappa shape index (κ1) is 13.9. The Morgan fingerprint density at radius 1 is 1.33 bits per heavy atom. The van der Waals surface area contributed by atoms with E-state index < -0.39 is 0 Å². The van der Waals surface area contributed by atoms with E-state index >= 15 is 0 Å². The van der Waals surface area contributed by atoms with Crippen molar-refractivity contribution in [3.05, 3.63) is 42.1 Å². The molecular weight excluding hydrogens is 264 g/mol. The van der Waals surface area contributed by atoms with Crippen molar-refractivity contribution < 1.29 is 9.32 Å². The number of rotatable bonds is 4. The van der Waals surface area contributed by atoms with Crippen LogP contribution in [0.4, 0.5) is 0 Å². The van der Waals surface area contributed by atoms with Crippen molar-refractivity contribution in [1.82, 2.24) is 10.1 Å². The fourth-order valence-corrected chi connectivity index (χ4v) is 2.55. The van der Waals surface area contributed by atoms with Gasteiger partial charge in [0.15, 0.2) is 11.5 Å². The monoisotopic (exact) mass is 284 g/mol. The van der Waals surface area contributed by atoms with Gasteiger partial charge in [0.2, 0.25) is 0 Å². The molecule has 1 fully saturated rings. The molecule has 0 saturated heterocycles. The smallest absolute Gasteiger partial charge is 0.276 e. The summed E-state index contributed by atoms with van der Waals surface area (Å²) in [6, 6.07) is 11.6. The molecule has 110 valence electrons. The maximum absolute atomic E-state index is 12.5. The first-order valence-electron chi connectivity index (χ1n) is 7.30. The van der Waals surface area contributed by atoms with Crippen molar-refractivity contribution in [2.75, 3.05) is 7.05 Å². The first-order valence-corrected chi connectivity index (χ1v) is 7.30. The van der Waals surface area contributed by atoms with Crippen LogP contribution in [0.15, 0.2) is 40.9 Å². The Morgan fingerprint density at radius 2 is 2.00 bits per heavy atom. The Morgan fingerprint density at radius 3 is 2.62 bits per heavy atom. The topological polar surface area (TPSA) is 46.3 Å². The van der Waals surface area contributed by atoms with Crippen LogP contribution in [0, 0.1) is 5.41 Å². The van der Waals surface area contributed by atoms with Gasteiger partial charge in [0.25, 0.3) is 5.91 Å². The molecule has 1 aliphatic carbocycles. The average Bonchev–Trinajstić information content (AvgIpc) is 3.08. The minimum Gasteiger partial charge on any atom is -0.355 e. The van der Waals surface area contributed by atoms with Gasteiger partial charge in [0.05, 0.1) is 0 Å². The van der Waals surface area contributed by atoms with Crippen molar-refractivity contribution in [2.24, 2.45) is 5.41 Å². The van der Waals surface area contributed by atoms with Crippen molar-refractivity contribution in [1.29, 1.82) is 0 Å². The van der Waals surface area contributed by atoms with E-state index in [4.69, 9.17) is 4.52 Å². The summed E-state index contributed by atoms with van der Waals surface area (Å²) in [4.78, 5) is 14.3. The molecule has 1 aromatic heterocycles. The largest absolute Gasteiger partial charge is 0.355 e. The molecule has 0 unspecified atom stereocenters. The number of aromatic nitrogens is 1. The van der Waals surface area contributed by atoms with E-state index in [0.29, 0.717) is 11.5 Å². The Labute approximate surface area is 124 Å². The summed E-state index contributed by atoms with van der Waals surface area (Å²) in [5.74, 6) is 0.541. The van der Waals surface area contributed by atoms with Gasteiger partial charge in [-0.1, -0.05) is 42.4 Å². The number of hydrogen-bond donors (Lipinski definition) is 0. The van der Waals surface area contributed by atoms with E-state index in [1.165, 1.54) is 12.8 Å². The van der Waals surface area contributed by atoms with E-state index in [2.05, 4.69) is 19.0 Å². The first-order chi connectivity index (χ1) is 10.0. The highest BCUT2D eigenvalue weighted by molar-refractivity contribution is 5.93. The molecule has 0 spiro atoms. The van der Waals surface area contributed by atoms with Crippen LogP contribution in [0.3, 0.4) is 0 Å².